The standard InChI is InChI=1S/C12H19N.C11H13N/c1-5-10-7-11(6-2)9-12(8-10)13(3)4;12-11-6-4-10(5-7-11)8-9-2-1-3-9/h7-9H,5-6H2,1-4H3;4-8H,1-3,12H2. The van der Waals surface area contributed by atoms with Gasteiger partial charge in [0.05, 0.1) is 0 Å². The Bertz CT molecular complexity index is 668. The lowest BCUT2D eigenvalue weighted by atomic mass is 9.91. The molecule has 0 bridgehead atoms. The molecule has 25 heavy (non-hydrogen) atoms. The maximum atomic E-state index is 5.58. The molecule has 0 amide bonds. The van der Waals surface area contributed by atoms with Crippen molar-refractivity contribution in [2.45, 2.75) is 46.0 Å². The van der Waals surface area contributed by atoms with E-state index in [-0.39, 0.29) is 0 Å². The van der Waals surface area contributed by atoms with Crippen molar-refractivity contribution in [3.05, 3.63) is 64.7 Å². The van der Waals surface area contributed by atoms with Crippen LogP contribution in [-0.4, -0.2) is 14.1 Å². The second kappa shape index (κ2) is 9.31. The van der Waals surface area contributed by atoms with Crippen LogP contribution in [0.1, 0.15) is 49.8 Å². The van der Waals surface area contributed by atoms with Crippen LogP contribution in [0.2, 0.25) is 0 Å². The molecule has 0 aromatic heterocycles. The van der Waals surface area contributed by atoms with E-state index in [1.165, 1.54) is 41.6 Å². The van der Waals surface area contributed by atoms with E-state index in [9.17, 15) is 0 Å². The minimum absolute atomic E-state index is 0.839. The second-order valence-corrected chi connectivity index (χ2v) is 6.93. The van der Waals surface area contributed by atoms with Crippen molar-refractivity contribution in [1.29, 1.82) is 0 Å². The van der Waals surface area contributed by atoms with Gasteiger partial charge in [0.25, 0.3) is 0 Å². The van der Waals surface area contributed by atoms with Crippen molar-refractivity contribution in [2.24, 2.45) is 0 Å². The molecule has 1 fully saturated rings. The van der Waals surface area contributed by atoms with Gasteiger partial charge in [0.2, 0.25) is 0 Å². The first-order valence-corrected chi connectivity index (χ1v) is 9.37. The molecule has 1 aliphatic rings. The van der Waals surface area contributed by atoms with Gasteiger partial charge < -0.3 is 10.6 Å². The predicted molar refractivity (Wildman–Crippen MR) is 112 cm³/mol. The van der Waals surface area contributed by atoms with Crippen LogP contribution in [0, 0.1) is 0 Å². The van der Waals surface area contributed by atoms with Crippen LogP contribution in [0.5, 0.6) is 0 Å². The summed E-state index contributed by atoms with van der Waals surface area (Å²) in [6, 6.07) is 14.9. The van der Waals surface area contributed by atoms with E-state index < -0.39 is 0 Å². The SMILES string of the molecule is CCc1cc(CC)cc(N(C)C)c1.Nc1ccc(C=C2CCC2)cc1. The number of allylic oxidation sites excluding steroid dienone is 1. The van der Waals surface area contributed by atoms with E-state index in [1.54, 1.807) is 5.57 Å². The Labute approximate surface area is 153 Å². The maximum Gasteiger partial charge on any atom is 0.0366 e. The van der Waals surface area contributed by atoms with Crippen molar-refractivity contribution in [3.63, 3.8) is 0 Å². The lowest BCUT2D eigenvalue weighted by molar-refractivity contribution is 0.670. The average molecular weight is 337 g/mol. The number of nitrogen functional groups attached to an aromatic ring is 1. The molecule has 1 aliphatic carbocycles. The molecule has 0 heterocycles. The van der Waals surface area contributed by atoms with Gasteiger partial charge >= 0.3 is 0 Å². The molecule has 0 spiro atoms. The highest BCUT2D eigenvalue weighted by molar-refractivity contribution is 5.56. The lowest BCUT2D eigenvalue weighted by Crippen LogP contribution is -2.09. The van der Waals surface area contributed by atoms with E-state index in [0.717, 1.165) is 18.5 Å². The molecule has 0 atom stereocenters. The Morgan fingerprint density at radius 2 is 1.48 bits per heavy atom. The number of nitrogens with two attached hydrogens (primary N) is 1. The fourth-order valence-electron chi connectivity index (χ4n) is 2.76. The molecule has 2 nitrogen and oxygen atoms in total. The van der Waals surface area contributed by atoms with E-state index in [1.807, 2.05) is 12.1 Å². The Kier molecular flexibility index (Phi) is 7.12. The summed E-state index contributed by atoms with van der Waals surface area (Å²) in [4.78, 5) is 2.16. The summed E-state index contributed by atoms with van der Waals surface area (Å²) in [5.41, 5.74) is 13.5. The quantitative estimate of drug-likeness (QED) is 0.724. The summed E-state index contributed by atoms with van der Waals surface area (Å²) < 4.78 is 0. The van der Waals surface area contributed by atoms with Crippen LogP contribution >= 0.6 is 0 Å². The first-order chi connectivity index (χ1) is 12.0. The number of aryl methyl sites for hydroxylation is 2. The van der Waals surface area contributed by atoms with Gasteiger partial charge in [0.15, 0.2) is 0 Å². The number of anilines is 2. The molecule has 1 saturated carbocycles. The van der Waals surface area contributed by atoms with Crippen molar-refractivity contribution in [2.75, 3.05) is 24.7 Å². The third kappa shape index (κ3) is 5.97. The predicted octanol–water partition coefficient (Wildman–Crippen LogP) is 5.71. The van der Waals surface area contributed by atoms with Gasteiger partial charge in [0, 0.05) is 25.5 Å². The minimum atomic E-state index is 0.839. The van der Waals surface area contributed by atoms with Crippen LogP contribution in [0.25, 0.3) is 6.08 Å². The summed E-state index contributed by atoms with van der Waals surface area (Å²) in [7, 11) is 4.18. The largest absolute Gasteiger partial charge is 0.399 e. The molecule has 0 unspecified atom stereocenters. The van der Waals surface area contributed by atoms with E-state index in [2.05, 4.69) is 69.3 Å². The molecule has 2 aromatic rings. The van der Waals surface area contributed by atoms with Crippen molar-refractivity contribution in [3.8, 4) is 0 Å². The Balaban J connectivity index is 0.000000181. The number of nitrogens with zero attached hydrogens (tertiary/aromatic N) is 1. The summed E-state index contributed by atoms with van der Waals surface area (Å²) in [5.74, 6) is 0. The molecule has 0 radical (unpaired) electrons. The van der Waals surface area contributed by atoms with Gasteiger partial charge in [-0.15, -0.1) is 0 Å². The summed E-state index contributed by atoms with van der Waals surface area (Å²) >= 11 is 0. The van der Waals surface area contributed by atoms with Gasteiger partial charge in [-0.25, -0.2) is 0 Å². The molecule has 2 aromatic carbocycles. The highest BCUT2D eigenvalue weighted by Gasteiger charge is 2.07. The van der Waals surface area contributed by atoms with Crippen molar-refractivity contribution in [1.82, 2.24) is 0 Å². The molecule has 134 valence electrons. The molecule has 2 N–H and O–H groups in total. The molecule has 0 saturated heterocycles. The Morgan fingerprint density at radius 1 is 0.920 bits per heavy atom. The Morgan fingerprint density at radius 3 is 1.88 bits per heavy atom. The van der Waals surface area contributed by atoms with Gasteiger partial charge in [0.1, 0.15) is 0 Å². The second-order valence-electron chi connectivity index (χ2n) is 6.93. The summed E-state index contributed by atoms with van der Waals surface area (Å²) in [6.45, 7) is 4.41. The molecule has 2 heteroatoms. The third-order valence-corrected chi connectivity index (χ3v) is 4.67. The zero-order chi connectivity index (χ0) is 18.2. The maximum absolute atomic E-state index is 5.58. The molecule has 0 aliphatic heterocycles. The molecular formula is C23H32N2. The first kappa shape index (κ1) is 19.1. The molecular weight excluding hydrogens is 304 g/mol. The number of hydrogen-bond donors (Lipinski definition) is 1. The molecule has 3 rings (SSSR count). The number of hydrogen-bond acceptors (Lipinski definition) is 2. The van der Waals surface area contributed by atoms with Crippen LogP contribution in [0.4, 0.5) is 11.4 Å². The van der Waals surface area contributed by atoms with Crippen LogP contribution in [0.15, 0.2) is 48.0 Å². The zero-order valence-corrected chi connectivity index (χ0v) is 16.2. The average Bonchev–Trinajstić information content (AvgIpc) is 2.59. The van der Waals surface area contributed by atoms with E-state index in [4.69, 9.17) is 5.73 Å². The number of rotatable bonds is 4. The third-order valence-electron chi connectivity index (χ3n) is 4.67. The highest BCUT2D eigenvalue weighted by atomic mass is 15.1. The van der Waals surface area contributed by atoms with Crippen LogP contribution in [-0.2, 0) is 12.8 Å². The monoisotopic (exact) mass is 336 g/mol. The Hall–Kier alpha value is -2.22. The van der Waals surface area contributed by atoms with Gasteiger partial charge in [-0.3, -0.25) is 0 Å². The fraction of sp³-hybridized carbons (Fsp3) is 0.391. The van der Waals surface area contributed by atoms with Gasteiger partial charge in [-0.2, -0.15) is 0 Å². The highest BCUT2D eigenvalue weighted by Crippen LogP contribution is 2.27. The summed E-state index contributed by atoms with van der Waals surface area (Å²) in [5, 5.41) is 0. The minimum Gasteiger partial charge on any atom is -0.399 e. The van der Waals surface area contributed by atoms with Crippen LogP contribution < -0.4 is 10.6 Å². The van der Waals surface area contributed by atoms with Crippen LogP contribution in [0.3, 0.4) is 0 Å². The van der Waals surface area contributed by atoms with Gasteiger partial charge in [-0.1, -0.05) is 43.7 Å². The lowest BCUT2D eigenvalue weighted by Gasteiger charge is -2.15. The zero-order valence-electron chi connectivity index (χ0n) is 16.2. The first-order valence-electron chi connectivity index (χ1n) is 9.37. The van der Waals surface area contributed by atoms with E-state index >= 15 is 0 Å². The van der Waals surface area contributed by atoms with Gasteiger partial charge in [-0.05, 0) is 73.1 Å². The van der Waals surface area contributed by atoms with Crippen molar-refractivity contribution >= 4 is 17.5 Å². The normalized spacial score (nSPS) is 12.7. The smallest absolute Gasteiger partial charge is 0.0366 e. The topological polar surface area (TPSA) is 29.3 Å². The van der Waals surface area contributed by atoms with Crippen molar-refractivity contribution < 1.29 is 0 Å². The van der Waals surface area contributed by atoms with E-state index in [0.29, 0.717) is 0 Å². The summed E-state index contributed by atoms with van der Waals surface area (Å²) in [6.07, 6.45) is 8.43. The fourth-order valence-corrected chi connectivity index (χ4v) is 2.76. The number of benzene rings is 2.